The minimum Gasteiger partial charge on any atom is -0.469 e. The van der Waals surface area contributed by atoms with Crippen LogP contribution < -0.4 is 5.32 Å². The van der Waals surface area contributed by atoms with Gasteiger partial charge in [0.25, 0.3) is 0 Å². The highest BCUT2D eigenvalue weighted by Gasteiger charge is 2.27. The number of carbonyl (C=O) groups excluding carboxylic acids is 2. The molecule has 0 aliphatic rings. The van der Waals surface area contributed by atoms with E-state index in [1.165, 1.54) is 7.11 Å². The lowest BCUT2D eigenvalue weighted by Crippen LogP contribution is -2.28. The molecule has 0 saturated carbocycles. The molecule has 0 bridgehead atoms. The molecule has 1 rings (SSSR count). The Morgan fingerprint density at radius 1 is 1.17 bits per heavy atom. The summed E-state index contributed by atoms with van der Waals surface area (Å²) < 4.78 is 4.58. The van der Waals surface area contributed by atoms with Gasteiger partial charge < -0.3 is 10.1 Å². The van der Waals surface area contributed by atoms with Gasteiger partial charge in [-0.05, 0) is 31.4 Å². The zero-order valence-electron chi connectivity index (χ0n) is 15.0. The summed E-state index contributed by atoms with van der Waals surface area (Å²) in [4.78, 5) is 24.7. The SMILES string of the molecule is CCCCNC(=O)CCC(C)(CCC(=O)OC)Sc1ccccc1. The molecule has 24 heavy (non-hydrogen) atoms. The van der Waals surface area contributed by atoms with E-state index in [1.807, 2.05) is 18.2 Å². The molecule has 1 aromatic rings. The Balaban J connectivity index is 2.62. The summed E-state index contributed by atoms with van der Waals surface area (Å²) in [5.41, 5.74) is 0. The number of nitrogens with one attached hydrogen (secondary N) is 1. The Bertz CT molecular complexity index is 507. The van der Waals surface area contributed by atoms with Crippen molar-refractivity contribution in [2.24, 2.45) is 0 Å². The number of methoxy groups -OCH3 is 1. The number of esters is 1. The average Bonchev–Trinajstić information content (AvgIpc) is 2.59. The van der Waals surface area contributed by atoms with Crippen LogP contribution in [0.4, 0.5) is 0 Å². The molecule has 1 unspecified atom stereocenters. The second-order valence-electron chi connectivity index (χ2n) is 6.14. The largest absolute Gasteiger partial charge is 0.469 e. The maximum absolute atomic E-state index is 12.0. The van der Waals surface area contributed by atoms with Gasteiger partial charge in [0, 0.05) is 29.0 Å². The molecule has 1 aromatic carbocycles. The number of hydrogen-bond donors (Lipinski definition) is 1. The van der Waals surface area contributed by atoms with Crippen LogP contribution in [0.2, 0.25) is 0 Å². The van der Waals surface area contributed by atoms with E-state index in [-0.39, 0.29) is 16.6 Å². The number of benzene rings is 1. The van der Waals surface area contributed by atoms with Gasteiger partial charge in [0.15, 0.2) is 0 Å². The fourth-order valence-electron chi connectivity index (χ4n) is 2.34. The van der Waals surface area contributed by atoms with Crippen molar-refractivity contribution in [2.75, 3.05) is 13.7 Å². The third kappa shape index (κ3) is 8.39. The Labute approximate surface area is 149 Å². The van der Waals surface area contributed by atoms with Crippen LogP contribution in [0, 0.1) is 0 Å². The summed E-state index contributed by atoms with van der Waals surface area (Å²) in [7, 11) is 1.41. The third-order valence-electron chi connectivity index (χ3n) is 3.93. The zero-order chi connectivity index (χ0) is 17.8. The first-order valence-corrected chi connectivity index (χ1v) is 9.38. The molecule has 0 aromatic heterocycles. The van der Waals surface area contributed by atoms with Crippen molar-refractivity contribution >= 4 is 23.6 Å². The van der Waals surface area contributed by atoms with Gasteiger partial charge in [-0.25, -0.2) is 0 Å². The fourth-order valence-corrected chi connectivity index (χ4v) is 3.61. The quantitative estimate of drug-likeness (QED) is 0.369. The standard InChI is InChI=1S/C19H29NO3S/c1-4-5-15-20-17(21)11-13-19(2,14-12-18(22)23-3)24-16-9-7-6-8-10-16/h6-10H,4-5,11-15H2,1-3H3,(H,20,21). The Morgan fingerprint density at radius 3 is 2.46 bits per heavy atom. The molecule has 0 fully saturated rings. The maximum atomic E-state index is 12.0. The highest BCUT2D eigenvalue weighted by atomic mass is 32.2. The predicted molar refractivity (Wildman–Crippen MR) is 99.1 cm³/mol. The summed E-state index contributed by atoms with van der Waals surface area (Å²) in [6.45, 7) is 4.96. The van der Waals surface area contributed by atoms with Gasteiger partial charge >= 0.3 is 5.97 Å². The summed E-state index contributed by atoms with van der Waals surface area (Å²) in [6.07, 6.45) is 4.32. The molecule has 4 nitrogen and oxygen atoms in total. The predicted octanol–water partition coefficient (Wildman–Crippen LogP) is 4.19. The summed E-state index contributed by atoms with van der Waals surface area (Å²) in [6, 6.07) is 10.1. The molecule has 134 valence electrons. The number of unbranched alkanes of at least 4 members (excludes halogenated alkanes) is 1. The lowest BCUT2D eigenvalue weighted by Gasteiger charge is -2.28. The van der Waals surface area contributed by atoms with Crippen molar-refractivity contribution in [3.8, 4) is 0 Å². The van der Waals surface area contributed by atoms with Crippen molar-refractivity contribution in [1.82, 2.24) is 5.32 Å². The summed E-state index contributed by atoms with van der Waals surface area (Å²) in [5, 5.41) is 2.96. The Hall–Kier alpha value is -1.49. The Morgan fingerprint density at radius 2 is 1.83 bits per heavy atom. The molecule has 0 aliphatic carbocycles. The van der Waals surface area contributed by atoms with E-state index in [0.717, 1.165) is 30.7 Å². The smallest absolute Gasteiger partial charge is 0.305 e. The van der Waals surface area contributed by atoms with Crippen LogP contribution in [0.15, 0.2) is 35.2 Å². The van der Waals surface area contributed by atoms with E-state index in [9.17, 15) is 9.59 Å². The van der Waals surface area contributed by atoms with E-state index >= 15 is 0 Å². The molecule has 1 N–H and O–H groups in total. The van der Waals surface area contributed by atoms with Gasteiger partial charge in [0.1, 0.15) is 0 Å². The first-order valence-electron chi connectivity index (χ1n) is 8.56. The molecule has 1 amide bonds. The molecular weight excluding hydrogens is 322 g/mol. The van der Waals surface area contributed by atoms with Gasteiger partial charge in [-0.1, -0.05) is 38.5 Å². The topological polar surface area (TPSA) is 55.4 Å². The first-order chi connectivity index (χ1) is 11.5. The van der Waals surface area contributed by atoms with Crippen LogP contribution in [0.25, 0.3) is 0 Å². The molecule has 0 aliphatic heterocycles. The lowest BCUT2D eigenvalue weighted by atomic mass is 9.98. The monoisotopic (exact) mass is 351 g/mol. The molecule has 0 heterocycles. The fraction of sp³-hybridized carbons (Fsp3) is 0.579. The molecule has 1 atom stereocenters. The normalized spacial score (nSPS) is 13.1. The highest BCUT2D eigenvalue weighted by Crippen LogP contribution is 2.39. The molecule has 0 spiro atoms. The van der Waals surface area contributed by atoms with Crippen LogP contribution in [-0.4, -0.2) is 30.3 Å². The second kappa shape index (κ2) is 11.1. The van der Waals surface area contributed by atoms with Gasteiger partial charge in [0.2, 0.25) is 5.91 Å². The molecule has 0 radical (unpaired) electrons. The number of carbonyl (C=O) groups is 2. The molecule has 0 saturated heterocycles. The van der Waals surface area contributed by atoms with Crippen molar-refractivity contribution in [3.63, 3.8) is 0 Å². The molecule has 5 heteroatoms. The van der Waals surface area contributed by atoms with Crippen molar-refractivity contribution < 1.29 is 14.3 Å². The van der Waals surface area contributed by atoms with Crippen molar-refractivity contribution in [3.05, 3.63) is 30.3 Å². The van der Waals surface area contributed by atoms with Crippen molar-refractivity contribution in [1.29, 1.82) is 0 Å². The van der Waals surface area contributed by atoms with Crippen LogP contribution in [-0.2, 0) is 14.3 Å². The summed E-state index contributed by atoms with van der Waals surface area (Å²) in [5.74, 6) is -0.122. The average molecular weight is 352 g/mol. The number of amides is 1. The molecular formula is C19H29NO3S. The number of rotatable bonds is 11. The Kier molecular flexibility index (Phi) is 9.53. The minimum absolute atomic E-state index is 0.0846. The van der Waals surface area contributed by atoms with Crippen LogP contribution >= 0.6 is 11.8 Å². The minimum atomic E-state index is -0.206. The number of ether oxygens (including phenoxy) is 1. The van der Waals surface area contributed by atoms with E-state index in [2.05, 4.69) is 31.3 Å². The van der Waals surface area contributed by atoms with Gasteiger partial charge in [-0.2, -0.15) is 0 Å². The van der Waals surface area contributed by atoms with Crippen molar-refractivity contribution in [2.45, 2.75) is 62.0 Å². The van der Waals surface area contributed by atoms with Crippen LogP contribution in [0.5, 0.6) is 0 Å². The lowest BCUT2D eigenvalue weighted by molar-refractivity contribution is -0.140. The van der Waals surface area contributed by atoms with Gasteiger partial charge in [-0.15, -0.1) is 11.8 Å². The van der Waals surface area contributed by atoms with E-state index in [0.29, 0.717) is 19.3 Å². The number of hydrogen-bond acceptors (Lipinski definition) is 4. The van der Waals surface area contributed by atoms with Crippen LogP contribution in [0.3, 0.4) is 0 Å². The maximum Gasteiger partial charge on any atom is 0.305 e. The van der Waals surface area contributed by atoms with Gasteiger partial charge in [-0.3, -0.25) is 9.59 Å². The van der Waals surface area contributed by atoms with Crippen LogP contribution in [0.1, 0.15) is 52.4 Å². The zero-order valence-corrected chi connectivity index (χ0v) is 15.8. The van der Waals surface area contributed by atoms with Gasteiger partial charge in [0.05, 0.1) is 7.11 Å². The summed E-state index contributed by atoms with van der Waals surface area (Å²) >= 11 is 1.73. The van der Waals surface area contributed by atoms with E-state index in [1.54, 1.807) is 11.8 Å². The van der Waals surface area contributed by atoms with E-state index in [4.69, 9.17) is 4.74 Å². The highest BCUT2D eigenvalue weighted by molar-refractivity contribution is 8.00. The van der Waals surface area contributed by atoms with E-state index < -0.39 is 0 Å². The number of thioether (sulfide) groups is 1. The first kappa shape index (κ1) is 20.6. The third-order valence-corrected chi connectivity index (χ3v) is 5.34. The second-order valence-corrected chi connectivity index (χ2v) is 7.81.